The van der Waals surface area contributed by atoms with E-state index in [1.54, 1.807) is 14.2 Å². The van der Waals surface area contributed by atoms with Crippen molar-refractivity contribution in [3.63, 3.8) is 0 Å². The van der Waals surface area contributed by atoms with E-state index < -0.39 is 0 Å². The summed E-state index contributed by atoms with van der Waals surface area (Å²) in [6.45, 7) is 2.73. The Morgan fingerprint density at radius 2 is 1.93 bits per heavy atom. The molecule has 0 atom stereocenters. The number of hydrogen-bond acceptors (Lipinski definition) is 4. The molecule has 29 heavy (non-hydrogen) atoms. The van der Waals surface area contributed by atoms with E-state index in [0.29, 0.717) is 0 Å². The fraction of sp³-hybridized carbons (Fsp3) is 0.571. The molecule has 1 aliphatic rings. The van der Waals surface area contributed by atoms with Gasteiger partial charge in [-0.05, 0) is 37.3 Å². The van der Waals surface area contributed by atoms with Crippen molar-refractivity contribution >= 4 is 29.9 Å². The second-order valence-electron chi connectivity index (χ2n) is 7.09. The predicted molar refractivity (Wildman–Crippen MR) is 127 cm³/mol. The summed E-state index contributed by atoms with van der Waals surface area (Å²) in [5, 5.41) is 15.5. The van der Waals surface area contributed by atoms with Crippen molar-refractivity contribution in [1.29, 1.82) is 0 Å². The zero-order valence-corrected chi connectivity index (χ0v) is 19.8. The molecule has 1 aliphatic heterocycles. The number of nitrogens with one attached hydrogen (secondary N) is 2. The van der Waals surface area contributed by atoms with Crippen LogP contribution in [0.5, 0.6) is 5.75 Å². The molecule has 2 aromatic rings. The number of guanidine groups is 1. The number of ether oxygens (including phenoxy) is 1. The summed E-state index contributed by atoms with van der Waals surface area (Å²) in [6, 6.07) is 8.12. The number of benzene rings is 1. The van der Waals surface area contributed by atoms with Gasteiger partial charge in [-0.1, -0.05) is 24.6 Å². The number of halogens is 1. The van der Waals surface area contributed by atoms with E-state index in [-0.39, 0.29) is 24.0 Å². The normalized spacial score (nSPS) is 13.8. The van der Waals surface area contributed by atoms with Gasteiger partial charge < -0.3 is 19.9 Å². The molecule has 3 rings (SSSR count). The summed E-state index contributed by atoms with van der Waals surface area (Å²) >= 11 is 0. The van der Waals surface area contributed by atoms with Crippen LogP contribution in [0.2, 0.25) is 0 Å². The Morgan fingerprint density at radius 1 is 1.10 bits per heavy atom. The molecule has 7 nitrogen and oxygen atoms in total. The molecular weight excluding hydrogens is 479 g/mol. The summed E-state index contributed by atoms with van der Waals surface area (Å²) in [5.74, 6) is 4.04. The van der Waals surface area contributed by atoms with Gasteiger partial charge in [0.1, 0.15) is 17.4 Å². The predicted octanol–water partition coefficient (Wildman–Crippen LogP) is 2.97. The van der Waals surface area contributed by atoms with Crippen LogP contribution in [0.4, 0.5) is 0 Å². The molecule has 0 saturated heterocycles. The van der Waals surface area contributed by atoms with Crippen LogP contribution in [-0.2, 0) is 25.8 Å². The van der Waals surface area contributed by atoms with Gasteiger partial charge in [-0.15, -0.1) is 34.2 Å². The minimum Gasteiger partial charge on any atom is -0.496 e. The van der Waals surface area contributed by atoms with Gasteiger partial charge in [-0.25, -0.2) is 0 Å². The number of rotatable bonds is 8. The average Bonchev–Trinajstić information content (AvgIpc) is 2.95. The molecule has 0 fully saturated rings. The zero-order chi connectivity index (χ0) is 19.6. The summed E-state index contributed by atoms with van der Waals surface area (Å²) in [4.78, 5) is 4.31. The fourth-order valence-electron chi connectivity index (χ4n) is 3.63. The monoisotopic (exact) mass is 512 g/mol. The molecule has 2 N–H and O–H groups in total. The van der Waals surface area contributed by atoms with Gasteiger partial charge in [-0.3, -0.25) is 4.99 Å². The third kappa shape index (κ3) is 6.87. The highest BCUT2D eigenvalue weighted by Gasteiger charge is 2.14. The van der Waals surface area contributed by atoms with Crippen molar-refractivity contribution in [2.24, 2.45) is 4.99 Å². The van der Waals surface area contributed by atoms with Crippen molar-refractivity contribution in [3.05, 3.63) is 41.5 Å². The largest absolute Gasteiger partial charge is 0.496 e. The highest BCUT2D eigenvalue weighted by molar-refractivity contribution is 14.0. The smallest absolute Gasteiger partial charge is 0.190 e. The standard InChI is InChI=1S/C21H32N6O.HI/c1-22-21(24-15-13-17-9-5-6-10-18(17)28-2)23-14-8-12-20-26-25-19-11-4-3-7-16-27(19)20;/h5-6,9-10H,3-4,7-8,11-16H2,1-2H3,(H2,22,23,24);1H. The lowest BCUT2D eigenvalue weighted by Gasteiger charge is -2.13. The number of aryl methyl sites for hydroxylation is 2. The molecule has 0 saturated carbocycles. The summed E-state index contributed by atoms with van der Waals surface area (Å²) in [6.07, 6.45) is 7.66. The molecule has 0 unspecified atom stereocenters. The second kappa shape index (κ2) is 12.7. The highest BCUT2D eigenvalue weighted by atomic mass is 127. The Hall–Kier alpha value is -1.84. The molecule has 0 radical (unpaired) electrons. The Bertz CT molecular complexity index is 776. The lowest BCUT2D eigenvalue weighted by atomic mass is 10.1. The van der Waals surface area contributed by atoms with E-state index in [1.165, 1.54) is 24.8 Å². The molecule has 1 aromatic carbocycles. The average molecular weight is 512 g/mol. The fourth-order valence-corrected chi connectivity index (χ4v) is 3.63. The molecular formula is C21H33IN6O. The summed E-state index contributed by atoms with van der Waals surface area (Å²) < 4.78 is 7.73. The molecule has 0 spiro atoms. The van der Waals surface area contributed by atoms with Gasteiger partial charge in [0, 0.05) is 39.5 Å². The van der Waals surface area contributed by atoms with Crippen molar-refractivity contribution < 1.29 is 4.74 Å². The molecule has 1 aromatic heterocycles. The van der Waals surface area contributed by atoms with Crippen LogP contribution in [0.15, 0.2) is 29.3 Å². The number of aliphatic imine (C=N–C) groups is 1. The Labute approximate surface area is 190 Å². The molecule has 160 valence electrons. The number of para-hydroxylation sites is 1. The Balaban J connectivity index is 0.00000300. The summed E-state index contributed by atoms with van der Waals surface area (Å²) in [5.41, 5.74) is 1.19. The van der Waals surface area contributed by atoms with E-state index in [9.17, 15) is 0 Å². The van der Waals surface area contributed by atoms with E-state index in [2.05, 4.69) is 36.5 Å². The zero-order valence-electron chi connectivity index (χ0n) is 17.5. The first kappa shape index (κ1) is 23.4. The minimum atomic E-state index is 0. The maximum absolute atomic E-state index is 5.40. The van der Waals surface area contributed by atoms with Crippen LogP contribution >= 0.6 is 24.0 Å². The van der Waals surface area contributed by atoms with E-state index in [1.807, 2.05) is 18.2 Å². The first-order chi connectivity index (χ1) is 13.8. The Kier molecular flexibility index (Phi) is 10.2. The first-order valence-corrected chi connectivity index (χ1v) is 10.3. The van der Waals surface area contributed by atoms with Crippen LogP contribution in [0.3, 0.4) is 0 Å². The van der Waals surface area contributed by atoms with Crippen LogP contribution < -0.4 is 15.4 Å². The van der Waals surface area contributed by atoms with Gasteiger partial charge in [0.05, 0.1) is 7.11 Å². The van der Waals surface area contributed by atoms with Crippen LogP contribution in [0.25, 0.3) is 0 Å². The lowest BCUT2D eigenvalue weighted by molar-refractivity contribution is 0.409. The van der Waals surface area contributed by atoms with Crippen LogP contribution in [-0.4, -0.2) is 48.0 Å². The van der Waals surface area contributed by atoms with Gasteiger partial charge in [0.25, 0.3) is 0 Å². The summed E-state index contributed by atoms with van der Waals surface area (Å²) in [7, 11) is 3.51. The molecule has 2 heterocycles. The molecule has 0 aliphatic carbocycles. The van der Waals surface area contributed by atoms with Crippen molar-refractivity contribution in [1.82, 2.24) is 25.4 Å². The van der Waals surface area contributed by atoms with Crippen molar-refractivity contribution in [3.8, 4) is 5.75 Å². The number of aromatic nitrogens is 3. The van der Waals surface area contributed by atoms with Gasteiger partial charge in [0.2, 0.25) is 0 Å². The number of fused-ring (bicyclic) bond motifs is 1. The lowest BCUT2D eigenvalue weighted by Crippen LogP contribution is -2.38. The third-order valence-corrected chi connectivity index (χ3v) is 5.16. The van der Waals surface area contributed by atoms with Gasteiger partial charge in [0.15, 0.2) is 5.96 Å². The minimum absolute atomic E-state index is 0. The van der Waals surface area contributed by atoms with Crippen LogP contribution in [0, 0.1) is 0 Å². The first-order valence-electron chi connectivity index (χ1n) is 10.3. The molecule has 8 heteroatoms. The third-order valence-electron chi connectivity index (χ3n) is 5.16. The van der Waals surface area contributed by atoms with Crippen molar-refractivity contribution in [2.45, 2.75) is 51.5 Å². The van der Waals surface area contributed by atoms with Gasteiger partial charge >= 0.3 is 0 Å². The second-order valence-corrected chi connectivity index (χ2v) is 7.09. The highest BCUT2D eigenvalue weighted by Crippen LogP contribution is 2.17. The maximum Gasteiger partial charge on any atom is 0.190 e. The number of nitrogens with zero attached hydrogens (tertiary/aromatic N) is 4. The Morgan fingerprint density at radius 3 is 2.76 bits per heavy atom. The topological polar surface area (TPSA) is 76.4 Å². The quantitative estimate of drug-likeness (QED) is 0.246. The van der Waals surface area contributed by atoms with Gasteiger partial charge in [-0.2, -0.15) is 0 Å². The number of methoxy groups -OCH3 is 1. The molecule has 0 amide bonds. The van der Waals surface area contributed by atoms with Crippen LogP contribution in [0.1, 0.15) is 42.9 Å². The maximum atomic E-state index is 5.40. The van der Waals surface area contributed by atoms with E-state index in [4.69, 9.17) is 4.74 Å². The van der Waals surface area contributed by atoms with Crippen molar-refractivity contribution in [2.75, 3.05) is 27.2 Å². The SMILES string of the molecule is CN=C(NCCCc1nnc2n1CCCCC2)NCCc1ccccc1OC.I. The number of hydrogen-bond donors (Lipinski definition) is 2. The van der Waals surface area contributed by atoms with E-state index >= 15 is 0 Å². The molecule has 0 bridgehead atoms. The van der Waals surface area contributed by atoms with E-state index in [0.717, 1.165) is 68.7 Å².